The standard InChI is InChI=1S/C28H31NO6/c1-17(2)13-22(29-28(32)33-16-19-9-5-4-6-10-19)27(31)35-24-15-18(3)14-23-25(24)20-11-7-8-12-21(20)26(30)34-23/h4-6,9-10,14-15,17,22H,7-8,11-13,16H2,1-3H3,(H,29,32)/t22-/m0/s1. The van der Waals surface area contributed by atoms with E-state index in [-0.39, 0.29) is 18.2 Å². The number of fused-ring (bicyclic) bond motifs is 3. The maximum absolute atomic E-state index is 13.3. The largest absolute Gasteiger partial charge is 0.445 e. The number of nitrogens with one attached hydrogen (secondary N) is 1. The molecule has 7 nitrogen and oxygen atoms in total. The van der Waals surface area contributed by atoms with Gasteiger partial charge in [0.2, 0.25) is 0 Å². The molecule has 2 aromatic carbocycles. The molecule has 184 valence electrons. The molecule has 0 saturated heterocycles. The Bertz CT molecular complexity index is 1280. The van der Waals surface area contributed by atoms with Gasteiger partial charge in [0.15, 0.2) is 0 Å². The van der Waals surface area contributed by atoms with Gasteiger partial charge in [-0.1, -0.05) is 44.2 Å². The highest BCUT2D eigenvalue weighted by atomic mass is 16.6. The van der Waals surface area contributed by atoms with Crippen LogP contribution in [0.25, 0.3) is 11.0 Å². The average molecular weight is 478 g/mol. The normalized spacial score (nSPS) is 13.8. The van der Waals surface area contributed by atoms with E-state index in [2.05, 4.69) is 5.32 Å². The van der Waals surface area contributed by atoms with E-state index in [9.17, 15) is 14.4 Å². The van der Waals surface area contributed by atoms with Crippen molar-refractivity contribution in [2.75, 3.05) is 0 Å². The highest BCUT2D eigenvalue weighted by Crippen LogP contribution is 2.35. The Morgan fingerprint density at radius 3 is 2.49 bits per heavy atom. The minimum absolute atomic E-state index is 0.101. The van der Waals surface area contributed by atoms with Gasteiger partial charge in [-0.25, -0.2) is 14.4 Å². The minimum atomic E-state index is -0.889. The fourth-order valence-electron chi connectivity index (χ4n) is 4.52. The van der Waals surface area contributed by atoms with Gasteiger partial charge in [-0.2, -0.15) is 0 Å². The lowest BCUT2D eigenvalue weighted by molar-refractivity contribution is -0.137. The van der Waals surface area contributed by atoms with Gasteiger partial charge < -0.3 is 19.2 Å². The van der Waals surface area contributed by atoms with Crippen LogP contribution in [0.3, 0.4) is 0 Å². The van der Waals surface area contributed by atoms with E-state index in [4.69, 9.17) is 13.9 Å². The fraction of sp³-hybridized carbons (Fsp3) is 0.393. The zero-order valence-corrected chi connectivity index (χ0v) is 20.4. The van der Waals surface area contributed by atoms with Gasteiger partial charge in [0, 0.05) is 5.56 Å². The Balaban J connectivity index is 1.57. The van der Waals surface area contributed by atoms with E-state index in [0.29, 0.717) is 35.1 Å². The van der Waals surface area contributed by atoms with E-state index in [1.807, 2.05) is 51.1 Å². The molecular formula is C28H31NO6. The van der Waals surface area contributed by atoms with Crippen LogP contribution >= 0.6 is 0 Å². The van der Waals surface area contributed by atoms with Crippen LogP contribution in [0.1, 0.15) is 55.4 Å². The molecule has 0 saturated carbocycles. The van der Waals surface area contributed by atoms with E-state index in [1.165, 1.54) is 0 Å². The molecule has 0 unspecified atom stereocenters. The number of rotatable bonds is 7. The van der Waals surface area contributed by atoms with Crippen LogP contribution in [0.4, 0.5) is 4.79 Å². The number of hydrogen-bond donors (Lipinski definition) is 1. The zero-order valence-electron chi connectivity index (χ0n) is 20.4. The molecule has 0 fully saturated rings. The number of amides is 1. The predicted molar refractivity (Wildman–Crippen MR) is 133 cm³/mol. The summed E-state index contributed by atoms with van der Waals surface area (Å²) in [5, 5.41) is 3.32. The first-order valence-electron chi connectivity index (χ1n) is 12.1. The Morgan fingerprint density at radius 2 is 1.77 bits per heavy atom. The van der Waals surface area contributed by atoms with Crippen LogP contribution in [0.2, 0.25) is 0 Å². The zero-order chi connectivity index (χ0) is 24.9. The monoisotopic (exact) mass is 477 g/mol. The minimum Gasteiger partial charge on any atom is -0.445 e. The highest BCUT2D eigenvalue weighted by Gasteiger charge is 2.27. The lowest BCUT2D eigenvalue weighted by Crippen LogP contribution is -2.44. The summed E-state index contributed by atoms with van der Waals surface area (Å²) in [6, 6.07) is 12.0. The summed E-state index contributed by atoms with van der Waals surface area (Å²) >= 11 is 0. The van der Waals surface area contributed by atoms with Gasteiger partial charge in [0.1, 0.15) is 24.0 Å². The van der Waals surface area contributed by atoms with Crippen molar-refractivity contribution in [1.29, 1.82) is 0 Å². The Hall–Kier alpha value is -3.61. The number of carbonyl (C=O) groups is 2. The molecule has 1 aromatic heterocycles. The fourth-order valence-corrected chi connectivity index (χ4v) is 4.52. The van der Waals surface area contributed by atoms with E-state index in [1.54, 1.807) is 12.1 Å². The number of esters is 1. The van der Waals surface area contributed by atoms with Crippen molar-refractivity contribution in [3.63, 3.8) is 0 Å². The molecular weight excluding hydrogens is 446 g/mol. The van der Waals surface area contributed by atoms with Crippen LogP contribution in [0.15, 0.2) is 51.7 Å². The first kappa shape index (κ1) is 24.5. The molecule has 1 atom stereocenters. The van der Waals surface area contributed by atoms with Crippen molar-refractivity contribution >= 4 is 23.0 Å². The molecule has 35 heavy (non-hydrogen) atoms. The van der Waals surface area contributed by atoms with Crippen LogP contribution in [0.5, 0.6) is 5.75 Å². The van der Waals surface area contributed by atoms with E-state index in [0.717, 1.165) is 36.0 Å². The van der Waals surface area contributed by atoms with Gasteiger partial charge in [0.05, 0.1) is 5.39 Å². The van der Waals surface area contributed by atoms with Crippen LogP contribution in [0, 0.1) is 12.8 Å². The topological polar surface area (TPSA) is 94.8 Å². The molecule has 1 heterocycles. The molecule has 0 bridgehead atoms. The Labute approximate surface area is 204 Å². The van der Waals surface area contributed by atoms with Gasteiger partial charge in [-0.05, 0) is 73.8 Å². The third kappa shape index (κ3) is 5.91. The van der Waals surface area contributed by atoms with Gasteiger partial charge in [0.25, 0.3) is 0 Å². The molecule has 1 aliphatic rings. The van der Waals surface area contributed by atoms with Crippen molar-refractivity contribution in [3.05, 3.63) is 75.1 Å². The highest BCUT2D eigenvalue weighted by molar-refractivity contribution is 5.92. The summed E-state index contributed by atoms with van der Waals surface area (Å²) in [4.78, 5) is 38.2. The number of benzene rings is 2. The van der Waals surface area contributed by atoms with Gasteiger partial charge >= 0.3 is 17.7 Å². The number of aryl methyl sites for hydroxylation is 2. The third-order valence-corrected chi connectivity index (χ3v) is 6.14. The summed E-state index contributed by atoms with van der Waals surface area (Å²) in [7, 11) is 0. The second kappa shape index (κ2) is 10.8. The molecule has 1 amide bonds. The van der Waals surface area contributed by atoms with Gasteiger partial charge in [-0.15, -0.1) is 0 Å². The Kier molecular flexibility index (Phi) is 7.54. The lowest BCUT2D eigenvalue weighted by Gasteiger charge is -2.21. The van der Waals surface area contributed by atoms with Crippen LogP contribution in [-0.2, 0) is 29.0 Å². The van der Waals surface area contributed by atoms with Crippen molar-refractivity contribution in [3.8, 4) is 5.75 Å². The molecule has 3 aromatic rings. The molecule has 0 aliphatic heterocycles. The number of ether oxygens (including phenoxy) is 2. The number of carbonyl (C=O) groups excluding carboxylic acids is 2. The third-order valence-electron chi connectivity index (χ3n) is 6.14. The summed E-state index contributed by atoms with van der Waals surface area (Å²) in [5.41, 5.74) is 3.29. The number of hydrogen-bond acceptors (Lipinski definition) is 6. The maximum Gasteiger partial charge on any atom is 0.408 e. The van der Waals surface area contributed by atoms with E-state index < -0.39 is 18.1 Å². The quantitative estimate of drug-likeness (QED) is 0.285. The van der Waals surface area contributed by atoms with Crippen molar-refractivity contribution in [2.24, 2.45) is 5.92 Å². The van der Waals surface area contributed by atoms with Crippen molar-refractivity contribution in [1.82, 2.24) is 5.32 Å². The molecule has 1 aliphatic carbocycles. The molecule has 7 heteroatoms. The SMILES string of the molecule is Cc1cc(OC(=O)[C@H](CC(C)C)NC(=O)OCc2ccccc2)c2c3c(c(=O)oc2c1)CCCC3. The van der Waals surface area contributed by atoms with Crippen molar-refractivity contribution in [2.45, 2.75) is 65.5 Å². The van der Waals surface area contributed by atoms with Crippen LogP contribution < -0.4 is 15.7 Å². The molecule has 0 radical (unpaired) electrons. The Morgan fingerprint density at radius 1 is 1.06 bits per heavy atom. The summed E-state index contributed by atoms with van der Waals surface area (Å²) < 4.78 is 16.8. The predicted octanol–water partition coefficient (Wildman–Crippen LogP) is 5.23. The molecule has 4 rings (SSSR count). The lowest BCUT2D eigenvalue weighted by atomic mass is 9.90. The van der Waals surface area contributed by atoms with Crippen molar-refractivity contribution < 1.29 is 23.5 Å². The first-order valence-corrected chi connectivity index (χ1v) is 12.1. The second-order valence-corrected chi connectivity index (χ2v) is 9.50. The average Bonchev–Trinajstić information content (AvgIpc) is 2.82. The van der Waals surface area contributed by atoms with E-state index >= 15 is 0 Å². The summed E-state index contributed by atoms with van der Waals surface area (Å²) in [6.07, 6.45) is 2.96. The molecule has 0 spiro atoms. The number of alkyl carbamates (subject to hydrolysis) is 1. The second-order valence-electron chi connectivity index (χ2n) is 9.50. The smallest absolute Gasteiger partial charge is 0.408 e. The summed E-state index contributed by atoms with van der Waals surface area (Å²) in [5.74, 6) is -0.111. The summed E-state index contributed by atoms with van der Waals surface area (Å²) in [6.45, 7) is 5.87. The van der Waals surface area contributed by atoms with Crippen LogP contribution in [-0.4, -0.2) is 18.1 Å². The maximum atomic E-state index is 13.3. The molecule has 1 N–H and O–H groups in total. The van der Waals surface area contributed by atoms with Gasteiger partial charge in [-0.3, -0.25) is 0 Å². The first-order chi connectivity index (χ1) is 16.8.